The molecule has 1 aliphatic rings. The van der Waals surface area contributed by atoms with Crippen molar-refractivity contribution in [2.45, 2.75) is 26.1 Å². The monoisotopic (exact) mass is 349 g/mol. The van der Waals surface area contributed by atoms with Crippen LogP contribution in [-0.4, -0.2) is 5.91 Å². The molecule has 1 amide bonds. The summed E-state index contributed by atoms with van der Waals surface area (Å²) < 4.78 is 0. The molecule has 2 nitrogen and oxygen atoms in total. The molecule has 0 spiro atoms. The van der Waals surface area contributed by atoms with Crippen LogP contribution in [0.25, 0.3) is 6.08 Å². The Morgan fingerprint density at radius 2 is 2.00 bits per heavy atom. The molecule has 1 aromatic carbocycles. The first-order chi connectivity index (χ1) is 10.5. The summed E-state index contributed by atoms with van der Waals surface area (Å²) in [6.45, 7) is 4.81. The number of aryl methyl sites for hydroxylation is 1. The number of carbonyl (C=O) groups is 1. The van der Waals surface area contributed by atoms with Crippen molar-refractivity contribution < 1.29 is 4.79 Å². The molecular weight excluding hydrogens is 334 g/mol. The zero-order chi connectivity index (χ0) is 15.7. The van der Waals surface area contributed by atoms with Crippen LogP contribution in [-0.2, 0) is 17.1 Å². The highest BCUT2D eigenvalue weighted by Gasteiger charge is 2.20. The smallest absolute Gasteiger partial charge is 0.258 e. The number of thioether (sulfide) groups is 1. The molecule has 1 aliphatic heterocycles. The van der Waals surface area contributed by atoms with Gasteiger partial charge in [-0.1, -0.05) is 23.7 Å². The number of fused-ring (bicyclic) bond motifs is 1. The van der Waals surface area contributed by atoms with Gasteiger partial charge in [0, 0.05) is 27.1 Å². The predicted molar refractivity (Wildman–Crippen MR) is 96.4 cm³/mol. The zero-order valence-electron chi connectivity index (χ0n) is 12.4. The van der Waals surface area contributed by atoms with Crippen LogP contribution < -0.4 is 5.32 Å². The Kier molecular flexibility index (Phi) is 4.62. The Morgan fingerprint density at radius 3 is 2.73 bits per heavy atom. The largest absolute Gasteiger partial charge is 0.348 e. The van der Waals surface area contributed by atoms with Gasteiger partial charge in [0.25, 0.3) is 5.91 Å². The lowest BCUT2D eigenvalue weighted by molar-refractivity contribution is -0.116. The molecule has 0 bridgehead atoms. The lowest BCUT2D eigenvalue weighted by Gasteiger charge is -2.14. The maximum absolute atomic E-state index is 12.3. The summed E-state index contributed by atoms with van der Waals surface area (Å²) in [7, 11) is 0. The summed E-state index contributed by atoms with van der Waals surface area (Å²) >= 11 is 9.24. The fourth-order valence-electron chi connectivity index (χ4n) is 2.31. The van der Waals surface area contributed by atoms with Crippen molar-refractivity contribution in [2.24, 2.45) is 0 Å². The van der Waals surface area contributed by atoms with Gasteiger partial charge >= 0.3 is 0 Å². The summed E-state index contributed by atoms with van der Waals surface area (Å²) in [5, 5.41) is 3.68. The number of rotatable bonds is 3. The quantitative estimate of drug-likeness (QED) is 0.851. The van der Waals surface area contributed by atoms with E-state index in [1.807, 2.05) is 30.3 Å². The van der Waals surface area contributed by atoms with E-state index >= 15 is 0 Å². The van der Waals surface area contributed by atoms with Crippen molar-refractivity contribution in [3.05, 3.63) is 60.6 Å². The molecule has 1 N–H and O–H groups in total. The second-order valence-corrected chi connectivity index (χ2v) is 7.94. The molecule has 2 aromatic rings. The highest BCUT2D eigenvalue weighted by molar-refractivity contribution is 8.03. The van der Waals surface area contributed by atoms with E-state index in [2.05, 4.69) is 19.2 Å². The second-order valence-electron chi connectivity index (χ2n) is 5.23. The summed E-state index contributed by atoms with van der Waals surface area (Å²) in [4.78, 5) is 15.7. The topological polar surface area (TPSA) is 29.1 Å². The van der Waals surface area contributed by atoms with Crippen molar-refractivity contribution in [1.82, 2.24) is 5.32 Å². The highest BCUT2D eigenvalue weighted by Crippen LogP contribution is 2.39. The van der Waals surface area contributed by atoms with Gasteiger partial charge in [0.2, 0.25) is 0 Å². The van der Waals surface area contributed by atoms with Crippen LogP contribution in [0.2, 0.25) is 5.02 Å². The minimum absolute atomic E-state index is 0.00527. The van der Waals surface area contributed by atoms with Gasteiger partial charge in [-0.2, -0.15) is 0 Å². The van der Waals surface area contributed by atoms with Crippen molar-refractivity contribution >= 4 is 46.7 Å². The van der Waals surface area contributed by atoms with Crippen molar-refractivity contribution in [2.75, 3.05) is 0 Å². The molecule has 0 fully saturated rings. The molecule has 0 saturated carbocycles. The van der Waals surface area contributed by atoms with Gasteiger partial charge in [-0.25, -0.2) is 0 Å². The summed E-state index contributed by atoms with van der Waals surface area (Å²) in [5.41, 5.74) is 3.79. The van der Waals surface area contributed by atoms with Gasteiger partial charge in [0.15, 0.2) is 0 Å². The molecule has 2 heterocycles. The van der Waals surface area contributed by atoms with Gasteiger partial charge in [-0.05, 0) is 48.7 Å². The van der Waals surface area contributed by atoms with Crippen LogP contribution in [0.1, 0.15) is 26.4 Å². The fraction of sp³-hybridized carbons (Fsp3) is 0.235. The van der Waals surface area contributed by atoms with E-state index in [1.54, 1.807) is 23.1 Å². The minimum atomic E-state index is -0.00527. The Hall–Kier alpha value is -1.23. The third-order valence-corrected chi connectivity index (χ3v) is 6.26. The first kappa shape index (κ1) is 15.7. The van der Waals surface area contributed by atoms with E-state index < -0.39 is 0 Å². The molecule has 0 aliphatic carbocycles. The molecule has 114 valence electrons. The van der Waals surface area contributed by atoms with Crippen LogP contribution in [0.5, 0.6) is 0 Å². The normalized spacial score (nSPS) is 13.5. The lowest BCUT2D eigenvalue weighted by Crippen LogP contribution is -2.24. The van der Waals surface area contributed by atoms with Crippen LogP contribution >= 0.6 is 34.7 Å². The number of hydrogen-bond acceptors (Lipinski definition) is 3. The Labute approximate surface area is 143 Å². The number of benzene rings is 1. The summed E-state index contributed by atoms with van der Waals surface area (Å²) in [6, 6.07) is 7.52. The number of amides is 1. The van der Waals surface area contributed by atoms with Gasteiger partial charge in [-0.15, -0.1) is 23.1 Å². The van der Waals surface area contributed by atoms with Crippen LogP contribution in [0.3, 0.4) is 0 Å². The van der Waals surface area contributed by atoms with Gasteiger partial charge < -0.3 is 5.32 Å². The molecule has 0 atom stereocenters. The van der Waals surface area contributed by atoms with Crippen molar-refractivity contribution in [3.8, 4) is 0 Å². The Morgan fingerprint density at radius 1 is 1.27 bits per heavy atom. The van der Waals surface area contributed by atoms with E-state index in [0.29, 0.717) is 11.6 Å². The first-order valence-corrected chi connectivity index (χ1v) is 9.18. The maximum Gasteiger partial charge on any atom is 0.258 e. The number of thiophene rings is 1. The summed E-state index contributed by atoms with van der Waals surface area (Å²) in [5.74, 6) is 0.875. The van der Waals surface area contributed by atoms with E-state index in [4.69, 9.17) is 11.6 Å². The van der Waals surface area contributed by atoms with E-state index in [9.17, 15) is 4.79 Å². The standard InChI is InChI=1S/C17H16ClNOS2/c1-10-11(2)22-15-7-16(21-9-14(10)15)17(20)19-8-12-3-5-13(18)6-4-12/h3-7H,8-9H2,1-2H3,(H,19,20). The van der Waals surface area contributed by atoms with E-state index in [1.165, 1.54) is 20.9 Å². The number of hydrogen-bond donors (Lipinski definition) is 1. The third-order valence-electron chi connectivity index (χ3n) is 3.77. The molecular formula is C17H16ClNOS2. The lowest BCUT2D eigenvalue weighted by atomic mass is 10.1. The highest BCUT2D eigenvalue weighted by atomic mass is 35.5. The zero-order valence-corrected chi connectivity index (χ0v) is 14.8. The Bertz CT molecular complexity index is 747. The van der Waals surface area contributed by atoms with Crippen LogP contribution in [0.4, 0.5) is 0 Å². The SMILES string of the molecule is Cc1sc2c(c1C)CSC(C(=O)NCc1ccc(Cl)cc1)=C2. The number of carbonyl (C=O) groups excluding carboxylic acids is 1. The molecule has 0 radical (unpaired) electrons. The molecule has 3 rings (SSSR count). The van der Waals surface area contributed by atoms with Crippen LogP contribution in [0, 0.1) is 13.8 Å². The molecule has 0 unspecified atom stereocenters. The molecule has 5 heteroatoms. The number of halogens is 1. The van der Waals surface area contributed by atoms with E-state index in [0.717, 1.165) is 16.2 Å². The third kappa shape index (κ3) is 3.24. The fourth-order valence-corrected chi connectivity index (χ4v) is 4.81. The molecule has 1 aromatic heterocycles. The van der Waals surface area contributed by atoms with Crippen molar-refractivity contribution in [1.29, 1.82) is 0 Å². The maximum atomic E-state index is 12.3. The molecule has 0 saturated heterocycles. The summed E-state index contributed by atoms with van der Waals surface area (Å²) in [6.07, 6.45) is 2.02. The first-order valence-electron chi connectivity index (χ1n) is 7.00. The van der Waals surface area contributed by atoms with Gasteiger partial charge in [0.05, 0.1) is 4.91 Å². The minimum Gasteiger partial charge on any atom is -0.348 e. The average Bonchev–Trinajstić information content (AvgIpc) is 2.80. The van der Waals surface area contributed by atoms with E-state index in [-0.39, 0.29) is 5.91 Å². The van der Waals surface area contributed by atoms with Gasteiger partial charge in [-0.3, -0.25) is 4.79 Å². The molecule has 22 heavy (non-hydrogen) atoms. The number of nitrogens with one attached hydrogen (secondary N) is 1. The van der Waals surface area contributed by atoms with Gasteiger partial charge in [0.1, 0.15) is 0 Å². The van der Waals surface area contributed by atoms with Crippen molar-refractivity contribution in [3.63, 3.8) is 0 Å². The Balaban J connectivity index is 1.69. The predicted octanol–water partition coefficient (Wildman–Crippen LogP) is 4.92. The second kappa shape index (κ2) is 6.49. The average molecular weight is 350 g/mol. The van der Waals surface area contributed by atoms with Crippen LogP contribution in [0.15, 0.2) is 29.2 Å².